The molecule has 0 saturated carbocycles. The van der Waals surface area contributed by atoms with Crippen molar-refractivity contribution in [2.24, 2.45) is 5.92 Å². The van der Waals surface area contributed by atoms with Gasteiger partial charge in [0.15, 0.2) is 0 Å². The van der Waals surface area contributed by atoms with Gasteiger partial charge in [-0.25, -0.2) is 0 Å². The van der Waals surface area contributed by atoms with Crippen LogP contribution in [0.3, 0.4) is 0 Å². The van der Waals surface area contributed by atoms with Gasteiger partial charge in [0.1, 0.15) is 5.54 Å². The van der Waals surface area contributed by atoms with Crippen molar-refractivity contribution in [2.75, 3.05) is 11.9 Å². The lowest BCUT2D eigenvalue weighted by Crippen LogP contribution is -2.49. The molecule has 3 aliphatic rings. The molecule has 1 spiro atoms. The smallest absolute Gasteiger partial charge is 0.250 e. The minimum Gasteiger partial charge on any atom is -0.356 e. The van der Waals surface area contributed by atoms with Crippen molar-refractivity contribution in [3.8, 4) is 0 Å². The summed E-state index contributed by atoms with van der Waals surface area (Å²) in [4.78, 5) is 26.2. The SMILES string of the molecule is Cc1ccc2c(c1)NC(=O)[C@@]21N[C@H]2CCNC(=O)[C@H]2[C@@H]1c1cccc(Cl)c1. The van der Waals surface area contributed by atoms with E-state index in [4.69, 9.17) is 11.6 Å². The zero-order valence-electron chi connectivity index (χ0n) is 14.9. The topological polar surface area (TPSA) is 70.2 Å². The van der Waals surface area contributed by atoms with Gasteiger partial charge in [0.25, 0.3) is 0 Å². The van der Waals surface area contributed by atoms with Gasteiger partial charge in [-0.1, -0.05) is 35.9 Å². The summed E-state index contributed by atoms with van der Waals surface area (Å²) in [5.41, 5.74) is 2.75. The van der Waals surface area contributed by atoms with Crippen LogP contribution in [0.25, 0.3) is 0 Å². The first-order valence-corrected chi connectivity index (χ1v) is 9.62. The fraction of sp³-hybridized carbons (Fsp3) is 0.333. The van der Waals surface area contributed by atoms with Gasteiger partial charge in [0, 0.05) is 34.8 Å². The van der Waals surface area contributed by atoms with Crippen LogP contribution >= 0.6 is 11.6 Å². The Kier molecular flexibility index (Phi) is 3.61. The lowest BCUT2D eigenvalue weighted by molar-refractivity contribution is -0.127. The number of hydrogen-bond acceptors (Lipinski definition) is 3. The highest BCUT2D eigenvalue weighted by molar-refractivity contribution is 6.30. The van der Waals surface area contributed by atoms with Crippen LogP contribution in [-0.2, 0) is 15.1 Å². The van der Waals surface area contributed by atoms with E-state index in [-0.39, 0.29) is 29.7 Å². The van der Waals surface area contributed by atoms with Crippen molar-refractivity contribution in [1.82, 2.24) is 10.6 Å². The number of nitrogens with one attached hydrogen (secondary N) is 3. The van der Waals surface area contributed by atoms with Crippen molar-refractivity contribution >= 4 is 29.1 Å². The molecule has 6 heteroatoms. The number of anilines is 1. The molecule has 0 bridgehead atoms. The predicted molar refractivity (Wildman–Crippen MR) is 104 cm³/mol. The van der Waals surface area contributed by atoms with E-state index in [0.29, 0.717) is 11.6 Å². The largest absolute Gasteiger partial charge is 0.356 e. The van der Waals surface area contributed by atoms with Gasteiger partial charge in [-0.2, -0.15) is 0 Å². The molecule has 2 saturated heterocycles. The van der Waals surface area contributed by atoms with Crippen LogP contribution in [-0.4, -0.2) is 24.4 Å². The fourth-order valence-corrected chi connectivity index (χ4v) is 5.28. The third-order valence-electron chi connectivity index (χ3n) is 6.14. The summed E-state index contributed by atoms with van der Waals surface area (Å²) in [6.07, 6.45) is 0.795. The van der Waals surface area contributed by atoms with Gasteiger partial charge in [0.05, 0.1) is 5.92 Å². The number of fused-ring (bicyclic) bond motifs is 3. The van der Waals surface area contributed by atoms with Crippen molar-refractivity contribution in [3.05, 3.63) is 64.2 Å². The lowest BCUT2D eigenvalue weighted by atomic mass is 9.70. The highest BCUT2D eigenvalue weighted by Gasteiger charge is 2.64. The van der Waals surface area contributed by atoms with Crippen molar-refractivity contribution in [2.45, 2.75) is 30.8 Å². The van der Waals surface area contributed by atoms with Gasteiger partial charge in [-0.3, -0.25) is 14.9 Å². The summed E-state index contributed by atoms with van der Waals surface area (Å²) in [5, 5.41) is 10.2. The lowest BCUT2D eigenvalue weighted by Gasteiger charge is -2.32. The first kappa shape index (κ1) is 16.8. The average Bonchev–Trinajstić information content (AvgIpc) is 3.11. The zero-order chi connectivity index (χ0) is 18.8. The molecular weight excluding hydrogens is 362 g/mol. The molecule has 27 heavy (non-hydrogen) atoms. The summed E-state index contributed by atoms with van der Waals surface area (Å²) in [5.74, 6) is -0.759. The third-order valence-corrected chi connectivity index (χ3v) is 6.38. The Hall–Kier alpha value is -2.37. The maximum atomic E-state index is 13.3. The Labute approximate surface area is 162 Å². The summed E-state index contributed by atoms with van der Waals surface area (Å²) in [6.45, 7) is 2.62. The molecular formula is C21H20ClN3O2. The monoisotopic (exact) mass is 381 g/mol. The molecule has 138 valence electrons. The fourth-order valence-electron chi connectivity index (χ4n) is 5.09. The number of carbonyl (C=O) groups excluding carboxylic acids is 2. The van der Waals surface area contributed by atoms with Gasteiger partial charge in [-0.15, -0.1) is 0 Å². The highest BCUT2D eigenvalue weighted by atomic mass is 35.5. The van der Waals surface area contributed by atoms with E-state index >= 15 is 0 Å². The van der Waals surface area contributed by atoms with E-state index < -0.39 is 5.54 Å². The molecule has 2 amide bonds. The van der Waals surface area contributed by atoms with Crippen LogP contribution in [0, 0.1) is 12.8 Å². The maximum Gasteiger partial charge on any atom is 0.250 e. The zero-order valence-corrected chi connectivity index (χ0v) is 15.6. The molecule has 0 aliphatic carbocycles. The van der Waals surface area contributed by atoms with Crippen molar-refractivity contribution in [3.63, 3.8) is 0 Å². The quantitative estimate of drug-likeness (QED) is 0.711. The number of hydrogen-bond donors (Lipinski definition) is 3. The Balaban J connectivity index is 1.75. The highest BCUT2D eigenvalue weighted by Crippen LogP contribution is 2.55. The molecule has 2 aromatic carbocycles. The number of halogens is 1. The third kappa shape index (κ3) is 2.28. The molecule has 2 aromatic rings. The predicted octanol–water partition coefficient (Wildman–Crippen LogP) is 2.69. The standard InChI is InChI=1S/C21H20ClN3O2/c1-11-5-6-14-16(9-11)24-20(27)21(14)18(12-3-2-4-13(22)10-12)17-15(25-21)7-8-23-19(17)26/h2-6,9-10,15,17-18,25H,7-8H2,1H3,(H,23,26)(H,24,27)/t15-,17+,18-,21+/m0/s1. The second-order valence-electron chi connectivity index (χ2n) is 7.70. The number of benzene rings is 2. The number of piperidine rings is 1. The van der Waals surface area contributed by atoms with Crippen LogP contribution in [0.5, 0.6) is 0 Å². The normalized spacial score (nSPS) is 31.4. The number of rotatable bonds is 1. The van der Waals surface area contributed by atoms with Gasteiger partial charge < -0.3 is 10.6 Å². The molecule has 3 aliphatic heterocycles. The van der Waals surface area contributed by atoms with Gasteiger partial charge in [0.2, 0.25) is 11.8 Å². The Morgan fingerprint density at radius 1 is 1.15 bits per heavy atom. The van der Waals surface area contributed by atoms with Crippen LogP contribution in [0.1, 0.15) is 29.0 Å². The molecule has 5 rings (SSSR count). The molecule has 3 N–H and O–H groups in total. The van der Waals surface area contributed by atoms with E-state index in [2.05, 4.69) is 16.0 Å². The maximum absolute atomic E-state index is 13.3. The average molecular weight is 382 g/mol. The molecule has 0 unspecified atom stereocenters. The van der Waals surface area contributed by atoms with Gasteiger partial charge >= 0.3 is 0 Å². The Bertz CT molecular complexity index is 976. The van der Waals surface area contributed by atoms with Gasteiger partial charge in [-0.05, 0) is 42.7 Å². The number of aryl methyl sites for hydroxylation is 1. The second-order valence-corrected chi connectivity index (χ2v) is 8.14. The minimum absolute atomic E-state index is 0.00559. The molecule has 2 fully saturated rings. The van der Waals surface area contributed by atoms with Crippen molar-refractivity contribution in [1.29, 1.82) is 0 Å². The summed E-state index contributed by atoms with van der Waals surface area (Å²) >= 11 is 6.27. The number of carbonyl (C=O) groups is 2. The van der Waals surface area contributed by atoms with Crippen LogP contribution < -0.4 is 16.0 Å². The molecule has 4 atom stereocenters. The molecule has 3 heterocycles. The first-order chi connectivity index (χ1) is 13.0. The van der Waals surface area contributed by atoms with E-state index in [0.717, 1.165) is 28.8 Å². The van der Waals surface area contributed by atoms with E-state index in [1.165, 1.54) is 0 Å². The first-order valence-electron chi connectivity index (χ1n) is 9.24. The molecule has 0 radical (unpaired) electrons. The Morgan fingerprint density at radius 3 is 2.81 bits per heavy atom. The second kappa shape index (κ2) is 5.81. The van der Waals surface area contributed by atoms with Crippen LogP contribution in [0.4, 0.5) is 5.69 Å². The Morgan fingerprint density at radius 2 is 2.00 bits per heavy atom. The molecule has 5 nitrogen and oxygen atoms in total. The van der Waals surface area contributed by atoms with E-state index in [1.54, 1.807) is 0 Å². The van der Waals surface area contributed by atoms with Crippen molar-refractivity contribution < 1.29 is 9.59 Å². The van der Waals surface area contributed by atoms with Crippen LogP contribution in [0.2, 0.25) is 5.02 Å². The summed E-state index contributed by atoms with van der Waals surface area (Å²) in [6, 6.07) is 13.5. The van der Waals surface area contributed by atoms with Crippen LogP contribution in [0.15, 0.2) is 42.5 Å². The summed E-state index contributed by atoms with van der Waals surface area (Å²) < 4.78 is 0. The minimum atomic E-state index is -0.968. The summed E-state index contributed by atoms with van der Waals surface area (Å²) in [7, 11) is 0. The molecule has 0 aromatic heterocycles. The van der Waals surface area contributed by atoms with E-state index in [1.807, 2.05) is 49.4 Å². The van der Waals surface area contributed by atoms with E-state index in [9.17, 15) is 9.59 Å². The number of amides is 2.